The van der Waals surface area contributed by atoms with Crippen molar-refractivity contribution in [3.05, 3.63) is 82.9 Å². The summed E-state index contributed by atoms with van der Waals surface area (Å²) in [6.45, 7) is 5.65. The van der Waals surface area contributed by atoms with E-state index in [0.29, 0.717) is 24.2 Å². The van der Waals surface area contributed by atoms with Crippen LogP contribution in [0.4, 0.5) is 13.2 Å². The number of carbonyl (C=O) groups excluding carboxylic acids is 1. The SMILES string of the molecule is COc1cc(C=C2OC(C)(C)[C@H]3CCC(c4cc(F)c(F)c(F)c4)N3C2=O)ccc1-n1cnc(C)c1. The van der Waals surface area contributed by atoms with Gasteiger partial charge in [-0.1, -0.05) is 6.07 Å². The van der Waals surface area contributed by atoms with Gasteiger partial charge in [-0.15, -0.1) is 0 Å². The number of nitrogens with zero attached hydrogens (tertiary/aromatic N) is 3. The predicted molar refractivity (Wildman–Crippen MR) is 127 cm³/mol. The number of rotatable bonds is 4. The molecule has 9 heteroatoms. The maximum Gasteiger partial charge on any atom is 0.289 e. The van der Waals surface area contributed by atoms with Gasteiger partial charge in [0.1, 0.15) is 11.4 Å². The number of hydrogen-bond acceptors (Lipinski definition) is 4. The van der Waals surface area contributed by atoms with Crippen molar-refractivity contribution in [2.75, 3.05) is 7.11 Å². The lowest BCUT2D eigenvalue weighted by atomic mass is 9.94. The first-order valence-electron chi connectivity index (χ1n) is 11.7. The van der Waals surface area contributed by atoms with Crippen LogP contribution in [0.2, 0.25) is 0 Å². The second-order valence-corrected chi connectivity index (χ2v) is 9.69. The average molecular weight is 498 g/mol. The molecule has 0 saturated carbocycles. The predicted octanol–water partition coefficient (Wildman–Crippen LogP) is 5.49. The summed E-state index contributed by atoms with van der Waals surface area (Å²) in [5, 5.41) is 0. The van der Waals surface area contributed by atoms with Crippen LogP contribution in [0.5, 0.6) is 5.75 Å². The summed E-state index contributed by atoms with van der Waals surface area (Å²) in [4.78, 5) is 19.5. The molecule has 1 unspecified atom stereocenters. The Labute approximate surface area is 207 Å². The Balaban J connectivity index is 1.51. The number of hydrogen-bond donors (Lipinski definition) is 0. The monoisotopic (exact) mass is 497 g/mol. The van der Waals surface area contributed by atoms with Crippen LogP contribution in [0.1, 0.15) is 49.6 Å². The van der Waals surface area contributed by atoms with E-state index in [-0.39, 0.29) is 23.3 Å². The summed E-state index contributed by atoms with van der Waals surface area (Å²) < 4.78 is 55.1. The third-order valence-electron chi connectivity index (χ3n) is 6.89. The summed E-state index contributed by atoms with van der Waals surface area (Å²) in [6, 6.07) is 6.51. The van der Waals surface area contributed by atoms with Gasteiger partial charge in [-0.05, 0) is 75.1 Å². The maximum atomic E-state index is 14.0. The highest BCUT2D eigenvalue weighted by molar-refractivity contribution is 5.97. The normalized spacial score (nSPS) is 22.0. The number of imidazole rings is 1. The number of halogens is 3. The molecule has 3 aromatic rings. The molecule has 2 atom stereocenters. The second kappa shape index (κ2) is 8.72. The number of aryl methyl sites for hydroxylation is 1. The minimum atomic E-state index is -1.52. The Bertz CT molecular complexity index is 1360. The first-order chi connectivity index (χ1) is 17.1. The van der Waals surface area contributed by atoms with Gasteiger partial charge >= 0.3 is 0 Å². The van der Waals surface area contributed by atoms with Gasteiger partial charge in [0.05, 0.1) is 36.9 Å². The zero-order chi connectivity index (χ0) is 25.8. The zero-order valence-electron chi connectivity index (χ0n) is 20.4. The van der Waals surface area contributed by atoms with Crippen molar-refractivity contribution in [2.24, 2.45) is 0 Å². The van der Waals surface area contributed by atoms with Gasteiger partial charge in [-0.2, -0.15) is 0 Å². The van der Waals surface area contributed by atoms with E-state index in [1.165, 1.54) is 0 Å². The molecule has 6 nitrogen and oxygen atoms in total. The Morgan fingerprint density at radius 3 is 2.50 bits per heavy atom. The van der Waals surface area contributed by atoms with E-state index in [1.807, 2.05) is 43.7 Å². The summed E-state index contributed by atoms with van der Waals surface area (Å²) in [5.41, 5.74) is 1.81. The average Bonchev–Trinajstić information content (AvgIpc) is 3.48. The number of ether oxygens (including phenoxy) is 2. The van der Waals surface area contributed by atoms with Crippen LogP contribution in [0.15, 0.2) is 48.6 Å². The summed E-state index contributed by atoms with van der Waals surface area (Å²) in [7, 11) is 1.56. The minimum Gasteiger partial charge on any atom is -0.495 e. The molecular formula is C27H26F3N3O3. The van der Waals surface area contributed by atoms with Crippen LogP contribution < -0.4 is 4.74 Å². The van der Waals surface area contributed by atoms with Gasteiger partial charge in [0.2, 0.25) is 0 Å². The van der Waals surface area contributed by atoms with Crippen LogP contribution in [-0.4, -0.2) is 39.1 Å². The summed E-state index contributed by atoms with van der Waals surface area (Å²) in [5.74, 6) is -3.77. The molecule has 2 aliphatic rings. The van der Waals surface area contributed by atoms with Crippen LogP contribution in [0, 0.1) is 24.4 Å². The quantitative estimate of drug-likeness (QED) is 0.354. The zero-order valence-corrected chi connectivity index (χ0v) is 20.4. The highest BCUT2D eigenvalue weighted by atomic mass is 19.2. The third-order valence-corrected chi connectivity index (χ3v) is 6.89. The van der Waals surface area contributed by atoms with Crippen molar-refractivity contribution < 1.29 is 27.4 Å². The van der Waals surface area contributed by atoms with Crippen molar-refractivity contribution in [3.8, 4) is 11.4 Å². The minimum absolute atomic E-state index is 0.111. The highest BCUT2D eigenvalue weighted by Gasteiger charge is 2.52. The number of methoxy groups -OCH3 is 1. The first kappa shape index (κ1) is 24.0. The standard InChI is InChI=1S/C27H26F3N3O3/c1-15-13-32(14-31-15)21-6-5-16(9-22(21)35-4)10-23-26(34)33-20(7-8-24(33)27(2,3)36-23)17-11-18(28)25(30)19(29)12-17/h5-6,9-14,20,24H,7-8H2,1-4H3/t20?,24-/m1/s1. The molecule has 0 N–H and O–H groups in total. The van der Waals surface area contributed by atoms with Crippen molar-refractivity contribution >= 4 is 12.0 Å². The first-order valence-corrected chi connectivity index (χ1v) is 11.7. The molecule has 2 aliphatic heterocycles. The maximum absolute atomic E-state index is 14.0. The van der Waals surface area contributed by atoms with Crippen molar-refractivity contribution in [3.63, 3.8) is 0 Å². The second-order valence-electron chi connectivity index (χ2n) is 9.69. The molecule has 2 fully saturated rings. The van der Waals surface area contributed by atoms with Gasteiger partial charge in [0.25, 0.3) is 5.91 Å². The number of aromatic nitrogens is 2. The van der Waals surface area contributed by atoms with Gasteiger partial charge in [-0.3, -0.25) is 4.79 Å². The van der Waals surface area contributed by atoms with Crippen LogP contribution in [0.3, 0.4) is 0 Å². The van der Waals surface area contributed by atoms with Gasteiger partial charge in [0, 0.05) is 6.20 Å². The molecule has 2 aromatic carbocycles. The molecule has 1 aromatic heterocycles. The van der Waals surface area contributed by atoms with E-state index in [0.717, 1.165) is 23.5 Å². The molecule has 3 heterocycles. The van der Waals surface area contributed by atoms with Crippen LogP contribution in [0.25, 0.3) is 11.8 Å². The Kier molecular flexibility index (Phi) is 5.81. The van der Waals surface area contributed by atoms with E-state index >= 15 is 0 Å². The topological polar surface area (TPSA) is 56.6 Å². The van der Waals surface area contributed by atoms with E-state index in [1.54, 1.807) is 30.5 Å². The third kappa shape index (κ3) is 4.02. The Morgan fingerprint density at radius 2 is 1.86 bits per heavy atom. The Morgan fingerprint density at radius 1 is 1.14 bits per heavy atom. The lowest BCUT2D eigenvalue weighted by Gasteiger charge is -2.45. The number of morpholine rings is 1. The van der Waals surface area contributed by atoms with Crippen molar-refractivity contribution in [2.45, 2.75) is 51.3 Å². The highest BCUT2D eigenvalue weighted by Crippen LogP contribution is 2.46. The Hall–Kier alpha value is -3.75. The number of carbonyl (C=O) groups is 1. The van der Waals surface area contributed by atoms with Crippen LogP contribution in [-0.2, 0) is 9.53 Å². The molecule has 0 spiro atoms. The number of benzene rings is 2. The fourth-order valence-electron chi connectivity index (χ4n) is 5.19. The fraction of sp³-hybridized carbons (Fsp3) is 0.333. The molecule has 0 radical (unpaired) electrons. The largest absolute Gasteiger partial charge is 0.495 e. The number of amides is 1. The molecule has 188 valence electrons. The molecule has 1 amide bonds. The van der Waals surface area contributed by atoms with Crippen molar-refractivity contribution in [1.82, 2.24) is 14.5 Å². The number of fused-ring (bicyclic) bond motifs is 1. The van der Waals surface area contributed by atoms with Gasteiger partial charge in [0.15, 0.2) is 23.2 Å². The lowest BCUT2D eigenvalue weighted by Crippen LogP contribution is -2.55. The van der Waals surface area contributed by atoms with E-state index in [2.05, 4.69) is 4.98 Å². The summed E-state index contributed by atoms with van der Waals surface area (Å²) >= 11 is 0. The molecule has 2 saturated heterocycles. The van der Waals surface area contributed by atoms with Crippen LogP contribution >= 0.6 is 0 Å². The lowest BCUT2D eigenvalue weighted by molar-refractivity contribution is -0.155. The molecule has 5 rings (SSSR count). The molecular weight excluding hydrogens is 471 g/mol. The summed E-state index contributed by atoms with van der Waals surface area (Å²) in [6.07, 6.45) is 6.27. The smallest absolute Gasteiger partial charge is 0.289 e. The van der Waals surface area contributed by atoms with Gasteiger partial charge in [-0.25, -0.2) is 18.2 Å². The van der Waals surface area contributed by atoms with E-state index < -0.39 is 29.1 Å². The van der Waals surface area contributed by atoms with Crippen molar-refractivity contribution in [1.29, 1.82) is 0 Å². The van der Waals surface area contributed by atoms with E-state index in [4.69, 9.17) is 9.47 Å². The van der Waals surface area contributed by atoms with E-state index in [9.17, 15) is 18.0 Å². The fourth-order valence-corrected chi connectivity index (χ4v) is 5.19. The molecule has 36 heavy (non-hydrogen) atoms. The van der Waals surface area contributed by atoms with Gasteiger partial charge < -0.3 is 18.9 Å². The molecule has 0 aliphatic carbocycles. The molecule has 0 bridgehead atoms.